The van der Waals surface area contributed by atoms with E-state index in [4.69, 9.17) is 4.42 Å². The van der Waals surface area contributed by atoms with Crippen molar-refractivity contribution < 1.29 is 22.4 Å². The molecule has 0 spiro atoms. The molecule has 0 fully saturated rings. The van der Waals surface area contributed by atoms with Gasteiger partial charge >= 0.3 is 6.18 Å². The maximum Gasteiger partial charge on any atom is 0.449 e. The molecule has 3 rings (SSSR count). The largest absolute Gasteiger partial charge is 0.467 e. The smallest absolute Gasteiger partial charge is 0.449 e. The number of hydrogen-bond acceptors (Lipinski definition) is 3. The van der Waals surface area contributed by atoms with Crippen LogP contribution in [0.2, 0.25) is 0 Å². The maximum absolute atomic E-state index is 13.1. The molecule has 1 N–H and O–H groups in total. The first-order valence-corrected chi connectivity index (χ1v) is 6.76. The number of nitrogens with one attached hydrogen (secondary N) is 1. The van der Waals surface area contributed by atoms with Gasteiger partial charge in [-0.2, -0.15) is 13.2 Å². The molecule has 2 heterocycles. The van der Waals surface area contributed by atoms with E-state index in [1.807, 2.05) is 0 Å². The van der Waals surface area contributed by atoms with Crippen LogP contribution >= 0.6 is 0 Å². The monoisotopic (exact) mass is 323 g/mol. The van der Waals surface area contributed by atoms with Crippen molar-refractivity contribution in [1.29, 1.82) is 0 Å². The fourth-order valence-electron chi connectivity index (χ4n) is 2.25. The van der Waals surface area contributed by atoms with Gasteiger partial charge in [0.25, 0.3) is 0 Å². The number of aromatic nitrogens is 2. The number of hydrogen-bond donors (Lipinski definition) is 1. The normalized spacial score (nSPS) is 11.8. The van der Waals surface area contributed by atoms with Crippen molar-refractivity contribution in [3.63, 3.8) is 0 Å². The minimum atomic E-state index is -4.64. The lowest BCUT2D eigenvalue weighted by atomic mass is 10.3. The Labute approximate surface area is 128 Å². The quantitative estimate of drug-likeness (QED) is 0.803. The van der Waals surface area contributed by atoms with E-state index in [0.717, 1.165) is 4.57 Å². The van der Waals surface area contributed by atoms with Crippen LogP contribution in [-0.2, 0) is 24.1 Å². The van der Waals surface area contributed by atoms with Crippen LogP contribution in [0.3, 0.4) is 0 Å². The molecule has 0 aliphatic carbocycles. The van der Waals surface area contributed by atoms with Gasteiger partial charge in [0.15, 0.2) is 0 Å². The summed E-state index contributed by atoms with van der Waals surface area (Å²) >= 11 is 0. The molecule has 0 radical (unpaired) electrons. The Hall–Kier alpha value is -2.77. The average Bonchev–Trinajstić information content (AvgIpc) is 3.13. The Morgan fingerprint density at radius 3 is 2.70 bits per heavy atom. The van der Waals surface area contributed by atoms with E-state index in [0.29, 0.717) is 5.76 Å². The van der Waals surface area contributed by atoms with Crippen LogP contribution < -0.4 is 5.32 Å². The Morgan fingerprint density at radius 2 is 2.00 bits per heavy atom. The number of para-hydroxylation sites is 2. The highest BCUT2D eigenvalue weighted by atomic mass is 19.4. The van der Waals surface area contributed by atoms with Crippen molar-refractivity contribution in [2.45, 2.75) is 19.3 Å². The van der Waals surface area contributed by atoms with Crippen molar-refractivity contribution in [3.8, 4) is 0 Å². The number of carbonyl (C=O) groups excluding carboxylic acids is 1. The molecule has 3 aromatic rings. The molecule has 0 unspecified atom stereocenters. The molecule has 0 bridgehead atoms. The summed E-state index contributed by atoms with van der Waals surface area (Å²) < 4.78 is 45.3. The number of halogens is 3. The molecule has 0 saturated carbocycles. The number of imidazole rings is 1. The molecule has 8 heteroatoms. The summed E-state index contributed by atoms with van der Waals surface area (Å²) in [5.41, 5.74) is 0.451. The van der Waals surface area contributed by atoms with Crippen LogP contribution in [0.4, 0.5) is 13.2 Å². The van der Waals surface area contributed by atoms with E-state index in [1.54, 1.807) is 24.3 Å². The Bertz CT molecular complexity index is 822. The van der Waals surface area contributed by atoms with Crippen LogP contribution in [0, 0.1) is 0 Å². The summed E-state index contributed by atoms with van der Waals surface area (Å²) in [6.07, 6.45) is -3.19. The molecule has 120 valence electrons. The summed E-state index contributed by atoms with van der Waals surface area (Å²) in [6.45, 7) is -0.365. The van der Waals surface area contributed by atoms with Crippen LogP contribution in [-0.4, -0.2) is 15.5 Å². The Morgan fingerprint density at radius 1 is 1.22 bits per heavy atom. The van der Waals surface area contributed by atoms with Crippen LogP contribution in [0.15, 0.2) is 47.1 Å². The number of nitrogens with zero attached hydrogens (tertiary/aromatic N) is 2. The molecule has 0 aliphatic heterocycles. The Balaban J connectivity index is 1.84. The van der Waals surface area contributed by atoms with E-state index in [9.17, 15) is 18.0 Å². The highest BCUT2D eigenvalue weighted by molar-refractivity contribution is 5.81. The average molecular weight is 323 g/mol. The number of fused-ring (bicyclic) bond motifs is 1. The number of alkyl halides is 3. The molecule has 0 aliphatic rings. The number of furan rings is 1. The molecule has 0 atom stereocenters. The van der Waals surface area contributed by atoms with Crippen molar-refractivity contribution >= 4 is 16.9 Å². The fourth-order valence-corrected chi connectivity index (χ4v) is 2.25. The summed E-state index contributed by atoms with van der Waals surface area (Å²) in [6, 6.07) is 9.48. The van der Waals surface area contributed by atoms with Gasteiger partial charge in [-0.05, 0) is 24.3 Å². The molecular weight excluding hydrogens is 311 g/mol. The minimum Gasteiger partial charge on any atom is -0.467 e. The first kappa shape index (κ1) is 15.1. The molecule has 2 aromatic heterocycles. The number of amides is 1. The molecule has 1 amide bonds. The summed E-state index contributed by atoms with van der Waals surface area (Å²) in [4.78, 5) is 15.5. The third-order valence-electron chi connectivity index (χ3n) is 3.25. The minimum absolute atomic E-state index is 0.111. The van der Waals surface area contributed by atoms with Gasteiger partial charge in [0.05, 0.1) is 23.8 Å². The van der Waals surface area contributed by atoms with Gasteiger partial charge in [0.2, 0.25) is 11.7 Å². The number of carbonyl (C=O) groups is 1. The standard InChI is InChI=1S/C15H12F3N3O2/c16-15(17,18)14-20-11-5-1-2-6-12(11)21(14)9-13(22)19-8-10-4-3-7-23-10/h1-7H,8-9H2,(H,19,22). The number of benzene rings is 1. The maximum atomic E-state index is 13.1. The summed E-state index contributed by atoms with van der Waals surface area (Å²) in [5, 5.41) is 2.52. The van der Waals surface area contributed by atoms with Gasteiger partial charge in [0.1, 0.15) is 12.3 Å². The van der Waals surface area contributed by atoms with Crippen molar-refractivity contribution in [2.75, 3.05) is 0 Å². The van der Waals surface area contributed by atoms with Gasteiger partial charge in [-0.15, -0.1) is 0 Å². The third kappa shape index (κ3) is 3.20. The second-order valence-corrected chi connectivity index (χ2v) is 4.86. The van der Waals surface area contributed by atoms with E-state index in [-0.39, 0.29) is 17.6 Å². The van der Waals surface area contributed by atoms with Crippen LogP contribution in [0.25, 0.3) is 11.0 Å². The zero-order valence-corrected chi connectivity index (χ0v) is 11.8. The molecule has 0 saturated heterocycles. The topological polar surface area (TPSA) is 60.1 Å². The summed E-state index contributed by atoms with van der Waals surface area (Å²) in [5.74, 6) is -1.13. The molecule has 1 aromatic carbocycles. The zero-order chi connectivity index (χ0) is 16.4. The van der Waals surface area contributed by atoms with Crippen molar-refractivity contribution in [1.82, 2.24) is 14.9 Å². The third-order valence-corrected chi connectivity index (χ3v) is 3.25. The van der Waals surface area contributed by atoms with E-state index >= 15 is 0 Å². The van der Waals surface area contributed by atoms with Gasteiger partial charge in [-0.3, -0.25) is 4.79 Å². The van der Waals surface area contributed by atoms with E-state index in [1.165, 1.54) is 18.4 Å². The van der Waals surface area contributed by atoms with Gasteiger partial charge in [0, 0.05) is 0 Å². The van der Waals surface area contributed by atoms with E-state index in [2.05, 4.69) is 10.3 Å². The predicted octanol–water partition coefficient (Wildman–Crippen LogP) is 2.96. The lowest BCUT2D eigenvalue weighted by Gasteiger charge is -2.11. The first-order valence-electron chi connectivity index (χ1n) is 6.76. The molecule has 23 heavy (non-hydrogen) atoms. The first-order chi connectivity index (χ1) is 10.9. The zero-order valence-electron chi connectivity index (χ0n) is 11.8. The highest BCUT2D eigenvalue weighted by Crippen LogP contribution is 2.31. The second kappa shape index (κ2) is 5.79. The summed E-state index contributed by atoms with van der Waals surface area (Å²) in [7, 11) is 0. The lowest BCUT2D eigenvalue weighted by molar-refractivity contribution is -0.147. The fraction of sp³-hybridized carbons (Fsp3) is 0.200. The lowest BCUT2D eigenvalue weighted by Crippen LogP contribution is -2.29. The van der Waals surface area contributed by atoms with Crippen LogP contribution in [0.5, 0.6) is 0 Å². The molecule has 5 nitrogen and oxygen atoms in total. The number of rotatable bonds is 4. The molecular formula is C15H12F3N3O2. The highest BCUT2D eigenvalue weighted by Gasteiger charge is 2.37. The van der Waals surface area contributed by atoms with Crippen molar-refractivity contribution in [2.24, 2.45) is 0 Å². The van der Waals surface area contributed by atoms with Gasteiger partial charge in [-0.1, -0.05) is 12.1 Å². The van der Waals surface area contributed by atoms with Crippen molar-refractivity contribution in [3.05, 3.63) is 54.2 Å². The van der Waals surface area contributed by atoms with E-state index < -0.39 is 24.5 Å². The second-order valence-electron chi connectivity index (χ2n) is 4.86. The van der Waals surface area contributed by atoms with Gasteiger partial charge < -0.3 is 14.3 Å². The van der Waals surface area contributed by atoms with Gasteiger partial charge in [-0.25, -0.2) is 4.98 Å². The SMILES string of the molecule is O=C(Cn1c(C(F)(F)F)nc2ccccc21)NCc1ccco1. The Kier molecular flexibility index (Phi) is 3.81. The van der Waals surface area contributed by atoms with Crippen LogP contribution in [0.1, 0.15) is 11.6 Å². The predicted molar refractivity (Wildman–Crippen MR) is 75.3 cm³/mol.